The molecule has 2 saturated heterocycles. The van der Waals surface area contributed by atoms with Gasteiger partial charge in [-0.3, -0.25) is 14.7 Å². The third-order valence-electron chi connectivity index (χ3n) is 7.68. The summed E-state index contributed by atoms with van der Waals surface area (Å²) in [5.74, 6) is 0.886. The standard InChI is InChI=1S/C29H34ClN3O/c30-27-8-2-1-6-25(27)21-32-17-13-26(14-18-32)33-16-4-5-22(20-33)9-12-29(34)24-10-11-28-23(19-24)7-3-15-31-28/h1-3,6-8,10-11,15,19,22,26H,4-5,9,12-14,16-18,20-21H2. The molecule has 178 valence electrons. The van der Waals surface area contributed by atoms with E-state index in [-0.39, 0.29) is 5.78 Å². The molecule has 0 bridgehead atoms. The van der Waals surface area contributed by atoms with Crippen molar-refractivity contribution in [2.45, 2.75) is 51.1 Å². The van der Waals surface area contributed by atoms with Gasteiger partial charge in [-0.25, -0.2) is 0 Å². The molecule has 2 aromatic carbocycles. The number of likely N-dealkylation sites (tertiary alicyclic amines) is 2. The Kier molecular flexibility index (Phi) is 7.58. The second-order valence-electron chi connectivity index (χ2n) is 9.97. The zero-order valence-corrected chi connectivity index (χ0v) is 20.6. The van der Waals surface area contributed by atoms with E-state index in [1.165, 1.54) is 37.8 Å². The lowest BCUT2D eigenvalue weighted by molar-refractivity contribution is 0.0658. The van der Waals surface area contributed by atoms with Crippen LogP contribution in [-0.2, 0) is 6.54 Å². The van der Waals surface area contributed by atoms with Gasteiger partial charge < -0.3 is 4.90 Å². The number of benzene rings is 2. The second kappa shape index (κ2) is 11.0. The number of fused-ring (bicyclic) bond motifs is 1. The summed E-state index contributed by atoms with van der Waals surface area (Å²) in [6.07, 6.45) is 8.37. The van der Waals surface area contributed by atoms with Crippen LogP contribution in [0.2, 0.25) is 5.02 Å². The number of piperidine rings is 2. The lowest BCUT2D eigenvalue weighted by Crippen LogP contribution is -2.48. The third-order valence-corrected chi connectivity index (χ3v) is 8.05. The zero-order chi connectivity index (χ0) is 23.3. The van der Waals surface area contributed by atoms with Gasteiger partial charge in [0.15, 0.2) is 5.78 Å². The number of nitrogens with zero attached hydrogens (tertiary/aromatic N) is 3. The van der Waals surface area contributed by atoms with Gasteiger partial charge in [0.05, 0.1) is 5.52 Å². The number of aromatic nitrogens is 1. The van der Waals surface area contributed by atoms with Crippen molar-refractivity contribution in [1.29, 1.82) is 0 Å². The highest BCUT2D eigenvalue weighted by Crippen LogP contribution is 2.28. The largest absolute Gasteiger partial charge is 0.300 e. The molecule has 0 saturated carbocycles. The van der Waals surface area contributed by atoms with Crippen LogP contribution < -0.4 is 0 Å². The maximum absolute atomic E-state index is 12.9. The maximum Gasteiger partial charge on any atom is 0.162 e. The predicted molar refractivity (Wildman–Crippen MR) is 139 cm³/mol. The van der Waals surface area contributed by atoms with Crippen molar-refractivity contribution < 1.29 is 4.79 Å². The summed E-state index contributed by atoms with van der Waals surface area (Å²) >= 11 is 6.36. The number of Topliss-reactive ketones (excluding diaryl/α,β-unsaturated/α-hetero) is 1. The summed E-state index contributed by atoms with van der Waals surface area (Å²) in [5, 5.41) is 1.91. The van der Waals surface area contributed by atoms with Crippen LogP contribution in [0, 0.1) is 5.92 Å². The summed E-state index contributed by atoms with van der Waals surface area (Å²) in [7, 11) is 0. The van der Waals surface area contributed by atoms with Crippen molar-refractivity contribution in [1.82, 2.24) is 14.8 Å². The van der Waals surface area contributed by atoms with Gasteiger partial charge in [0.2, 0.25) is 0 Å². The Labute approximate surface area is 207 Å². The molecule has 0 N–H and O–H groups in total. The van der Waals surface area contributed by atoms with Crippen LogP contribution in [0.3, 0.4) is 0 Å². The van der Waals surface area contributed by atoms with Crippen molar-refractivity contribution in [2.24, 2.45) is 5.92 Å². The van der Waals surface area contributed by atoms with E-state index in [0.717, 1.165) is 54.1 Å². The summed E-state index contributed by atoms with van der Waals surface area (Å²) in [6.45, 7) is 5.56. The molecule has 0 spiro atoms. The Bertz CT molecular complexity index is 1130. The van der Waals surface area contributed by atoms with Gasteiger partial charge in [-0.05, 0) is 93.6 Å². The topological polar surface area (TPSA) is 36.4 Å². The average molecular weight is 476 g/mol. The predicted octanol–water partition coefficient (Wildman–Crippen LogP) is 6.23. The summed E-state index contributed by atoms with van der Waals surface area (Å²) in [5.41, 5.74) is 2.99. The Morgan fingerprint density at radius 2 is 1.85 bits per heavy atom. The van der Waals surface area contributed by atoms with E-state index in [1.54, 1.807) is 6.20 Å². The van der Waals surface area contributed by atoms with E-state index < -0.39 is 0 Å². The number of hydrogen-bond acceptors (Lipinski definition) is 4. The molecule has 0 radical (unpaired) electrons. The van der Waals surface area contributed by atoms with Crippen LogP contribution in [0.25, 0.3) is 10.9 Å². The van der Waals surface area contributed by atoms with Crippen LogP contribution >= 0.6 is 11.6 Å². The molecular formula is C29H34ClN3O. The first-order chi connectivity index (χ1) is 16.7. The maximum atomic E-state index is 12.9. The smallest absolute Gasteiger partial charge is 0.162 e. The SMILES string of the molecule is O=C(CCC1CCCN(C2CCN(Cc3ccccc3Cl)CC2)C1)c1ccc2ncccc2c1. The lowest BCUT2D eigenvalue weighted by atomic mass is 9.89. The minimum absolute atomic E-state index is 0.260. The molecule has 3 aromatic rings. The molecule has 1 unspecified atom stereocenters. The zero-order valence-electron chi connectivity index (χ0n) is 19.8. The van der Waals surface area contributed by atoms with Crippen LogP contribution in [0.1, 0.15) is 54.4 Å². The summed E-state index contributed by atoms with van der Waals surface area (Å²) < 4.78 is 0. The van der Waals surface area contributed by atoms with Gasteiger partial charge in [-0.2, -0.15) is 0 Å². The number of hydrogen-bond donors (Lipinski definition) is 0. The van der Waals surface area contributed by atoms with E-state index in [1.807, 2.05) is 42.5 Å². The first kappa shape index (κ1) is 23.5. The highest BCUT2D eigenvalue weighted by Gasteiger charge is 2.29. The molecule has 0 amide bonds. The lowest BCUT2D eigenvalue weighted by Gasteiger charge is -2.42. The number of pyridine rings is 1. The number of ketones is 1. The fourth-order valence-electron chi connectivity index (χ4n) is 5.70. The fraction of sp³-hybridized carbons (Fsp3) is 0.448. The van der Waals surface area contributed by atoms with Gasteiger partial charge in [0, 0.05) is 47.7 Å². The molecule has 2 aliphatic heterocycles. The molecule has 1 aromatic heterocycles. The Morgan fingerprint density at radius 3 is 2.71 bits per heavy atom. The van der Waals surface area contributed by atoms with Crippen LogP contribution in [0.4, 0.5) is 0 Å². The molecule has 4 nitrogen and oxygen atoms in total. The van der Waals surface area contributed by atoms with Crippen LogP contribution in [0.15, 0.2) is 60.8 Å². The van der Waals surface area contributed by atoms with Crippen molar-refractivity contribution in [3.8, 4) is 0 Å². The van der Waals surface area contributed by atoms with Crippen LogP contribution in [-0.4, -0.2) is 52.8 Å². The molecule has 5 heteroatoms. The van der Waals surface area contributed by atoms with Gasteiger partial charge >= 0.3 is 0 Å². The van der Waals surface area contributed by atoms with Gasteiger partial charge in [-0.1, -0.05) is 35.9 Å². The van der Waals surface area contributed by atoms with Crippen molar-refractivity contribution in [3.05, 3.63) is 76.9 Å². The van der Waals surface area contributed by atoms with Crippen molar-refractivity contribution in [3.63, 3.8) is 0 Å². The fourth-order valence-corrected chi connectivity index (χ4v) is 5.90. The van der Waals surface area contributed by atoms with E-state index in [9.17, 15) is 4.79 Å². The molecule has 2 aliphatic rings. The average Bonchev–Trinajstić information content (AvgIpc) is 2.89. The van der Waals surface area contributed by atoms with Gasteiger partial charge in [0.1, 0.15) is 0 Å². The van der Waals surface area contributed by atoms with Crippen molar-refractivity contribution in [2.75, 3.05) is 26.2 Å². The first-order valence-electron chi connectivity index (χ1n) is 12.7. The monoisotopic (exact) mass is 475 g/mol. The normalized spacial score (nSPS) is 20.6. The molecule has 3 heterocycles. The number of halogens is 1. The van der Waals surface area contributed by atoms with Crippen molar-refractivity contribution >= 4 is 28.3 Å². The first-order valence-corrected chi connectivity index (χ1v) is 13.1. The number of carbonyl (C=O) groups excluding carboxylic acids is 1. The molecular weight excluding hydrogens is 442 g/mol. The molecule has 34 heavy (non-hydrogen) atoms. The number of rotatable bonds is 7. The Hall–Kier alpha value is -2.27. The molecule has 1 atom stereocenters. The minimum Gasteiger partial charge on any atom is -0.300 e. The van der Waals surface area contributed by atoms with Crippen LogP contribution in [0.5, 0.6) is 0 Å². The summed E-state index contributed by atoms with van der Waals surface area (Å²) in [6, 6.07) is 18.7. The van der Waals surface area contributed by atoms with Gasteiger partial charge in [-0.15, -0.1) is 0 Å². The molecule has 0 aliphatic carbocycles. The second-order valence-corrected chi connectivity index (χ2v) is 10.4. The Morgan fingerprint density at radius 1 is 1.00 bits per heavy atom. The van der Waals surface area contributed by atoms with E-state index in [2.05, 4.69) is 26.9 Å². The highest BCUT2D eigenvalue weighted by atomic mass is 35.5. The van der Waals surface area contributed by atoms with E-state index >= 15 is 0 Å². The van der Waals surface area contributed by atoms with Gasteiger partial charge in [0.25, 0.3) is 0 Å². The van der Waals surface area contributed by atoms with E-state index in [4.69, 9.17) is 11.6 Å². The highest BCUT2D eigenvalue weighted by molar-refractivity contribution is 6.31. The Balaban J connectivity index is 1.10. The third kappa shape index (κ3) is 5.68. The minimum atomic E-state index is 0.260. The quantitative estimate of drug-likeness (QED) is 0.379. The van der Waals surface area contributed by atoms with E-state index in [0.29, 0.717) is 18.4 Å². The summed E-state index contributed by atoms with van der Waals surface area (Å²) in [4.78, 5) is 22.5. The number of carbonyl (C=O) groups is 1. The molecule has 2 fully saturated rings. The molecule has 5 rings (SSSR count).